The monoisotopic (exact) mass is 151 g/mol. The molecule has 0 unspecified atom stereocenters. The molecule has 2 nitrogen and oxygen atoms in total. The molecule has 0 saturated heterocycles. The molecule has 0 aliphatic rings. The van der Waals surface area contributed by atoms with Gasteiger partial charge < -0.3 is 0 Å². The molecule has 0 aliphatic carbocycles. The summed E-state index contributed by atoms with van der Waals surface area (Å²) in [4.78, 5) is 0. The summed E-state index contributed by atoms with van der Waals surface area (Å²) in [6, 6.07) is 0. The van der Waals surface area contributed by atoms with E-state index in [-0.39, 0.29) is 0 Å². The molecule has 0 radical (unpaired) electrons. The highest BCUT2D eigenvalue weighted by Gasteiger charge is 2.26. The van der Waals surface area contributed by atoms with Gasteiger partial charge in [0.2, 0.25) is 0 Å². The highest BCUT2D eigenvalue weighted by Crippen LogP contribution is 2.52. The second kappa shape index (κ2) is 4.21. The first-order chi connectivity index (χ1) is 4.12. The fourth-order valence-corrected chi connectivity index (χ4v) is 1.98. The van der Waals surface area contributed by atoms with Crippen LogP contribution in [0.25, 0.3) is 0 Å². The van der Waals surface area contributed by atoms with Gasteiger partial charge in [-0.25, -0.2) is 9.05 Å². The minimum Gasteiger partial charge on any atom is -0.208 e. The van der Waals surface area contributed by atoms with Crippen LogP contribution in [0.15, 0.2) is 0 Å². The van der Waals surface area contributed by atoms with Crippen molar-refractivity contribution in [1.29, 1.82) is 0 Å². The molecule has 9 heavy (non-hydrogen) atoms. The van der Waals surface area contributed by atoms with E-state index in [1.54, 1.807) is 0 Å². The average molecular weight is 151 g/mol. The predicted octanol–water partition coefficient (Wildman–Crippen LogP) is 2.17. The molecule has 0 heterocycles. The molecule has 3 heteroatoms. The van der Waals surface area contributed by atoms with E-state index < -0.39 is 7.72 Å². The van der Waals surface area contributed by atoms with Crippen molar-refractivity contribution in [2.24, 2.45) is 0 Å². The highest BCUT2D eigenvalue weighted by molar-refractivity contribution is 7.64. The summed E-state index contributed by atoms with van der Waals surface area (Å²) in [6.07, 6.45) is 0. The molecule has 0 aromatic carbocycles. The van der Waals surface area contributed by atoms with Crippen molar-refractivity contribution in [3.8, 4) is 0 Å². The minimum atomic E-state index is -1.44. The molecule has 56 valence electrons. The summed E-state index contributed by atoms with van der Waals surface area (Å²) in [7, 11) is -1.44. The van der Waals surface area contributed by atoms with E-state index in [0.717, 1.165) is 13.2 Å². The van der Waals surface area contributed by atoms with Gasteiger partial charge in [-0.15, -0.1) is 0 Å². The highest BCUT2D eigenvalue weighted by atomic mass is 31.2. The molecule has 0 aromatic rings. The maximum Gasteiger partial charge on any atom is 0.269 e. The van der Waals surface area contributed by atoms with Gasteiger partial charge in [-0.3, -0.25) is 0 Å². The smallest absolute Gasteiger partial charge is 0.208 e. The lowest BCUT2D eigenvalue weighted by molar-refractivity contribution is 0.258. The van der Waals surface area contributed by atoms with Gasteiger partial charge in [0.05, 0.1) is 13.2 Å². The van der Waals surface area contributed by atoms with Crippen LogP contribution < -0.4 is 0 Å². The SMILES string of the molecule is CCO[P+](C)(C)OCC. The van der Waals surface area contributed by atoms with Crippen molar-refractivity contribution in [1.82, 2.24) is 0 Å². The van der Waals surface area contributed by atoms with E-state index in [4.69, 9.17) is 9.05 Å². The number of hydrogen-bond acceptors (Lipinski definition) is 2. The third-order valence-corrected chi connectivity index (χ3v) is 2.64. The largest absolute Gasteiger partial charge is 0.269 e. The summed E-state index contributed by atoms with van der Waals surface area (Å²) in [5.41, 5.74) is 0. The second-order valence-electron chi connectivity index (χ2n) is 2.09. The van der Waals surface area contributed by atoms with Crippen LogP contribution in [-0.2, 0) is 9.05 Å². The van der Waals surface area contributed by atoms with Gasteiger partial charge >= 0.3 is 0 Å². The third kappa shape index (κ3) is 4.83. The van der Waals surface area contributed by atoms with E-state index in [9.17, 15) is 0 Å². The van der Waals surface area contributed by atoms with Crippen LogP contribution in [0.1, 0.15) is 13.8 Å². The van der Waals surface area contributed by atoms with Crippen molar-refractivity contribution in [2.45, 2.75) is 13.8 Å². The van der Waals surface area contributed by atoms with Gasteiger partial charge in [0.1, 0.15) is 13.3 Å². The minimum absolute atomic E-state index is 0.751. The Morgan fingerprint density at radius 2 is 1.33 bits per heavy atom. The molecule has 0 fully saturated rings. The molecule has 0 saturated carbocycles. The fourth-order valence-electron chi connectivity index (χ4n) is 0.659. The maximum absolute atomic E-state index is 5.36. The zero-order valence-corrected chi connectivity index (χ0v) is 7.57. The number of rotatable bonds is 4. The molecular formula is C6H16O2P+. The fraction of sp³-hybridized carbons (Fsp3) is 1.00. The third-order valence-electron chi connectivity index (χ3n) is 0.880. The molecule has 0 atom stereocenters. The molecule has 0 rings (SSSR count). The molecule has 0 N–H and O–H groups in total. The Labute approximate surface area is 58.0 Å². The number of hydrogen-bond donors (Lipinski definition) is 0. The first-order valence-electron chi connectivity index (χ1n) is 3.25. The van der Waals surface area contributed by atoms with E-state index in [2.05, 4.69) is 0 Å². The van der Waals surface area contributed by atoms with E-state index in [0.29, 0.717) is 0 Å². The normalized spacial score (nSPS) is 12.0. The quantitative estimate of drug-likeness (QED) is 0.573. The van der Waals surface area contributed by atoms with E-state index in [1.165, 1.54) is 0 Å². The Hall–Kier alpha value is 0.350. The summed E-state index contributed by atoms with van der Waals surface area (Å²) >= 11 is 0. The Morgan fingerprint density at radius 1 is 1.00 bits per heavy atom. The molecule has 0 aromatic heterocycles. The Kier molecular flexibility index (Phi) is 4.37. The van der Waals surface area contributed by atoms with Crippen LogP contribution in [0.4, 0.5) is 0 Å². The zero-order chi connectivity index (χ0) is 7.33. The van der Waals surface area contributed by atoms with Crippen LogP contribution in [0.5, 0.6) is 0 Å². The zero-order valence-electron chi connectivity index (χ0n) is 6.68. The molecule has 0 spiro atoms. The van der Waals surface area contributed by atoms with Crippen molar-refractivity contribution < 1.29 is 9.05 Å². The van der Waals surface area contributed by atoms with Crippen molar-refractivity contribution in [2.75, 3.05) is 26.5 Å². The van der Waals surface area contributed by atoms with Crippen molar-refractivity contribution in [3.05, 3.63) is 0 Å². The van der Waals surface area contributed by atoms with Crippen LogP contribution in [0.2, 0.25) is 0 Å². The van der Waals surface area contributed by atoms with Crippen LogP contribution in [-0.4, -0.2) is 26.5 Å². The Balaban J connectivity index is 3.43. The van der Waals surface area contributed by atoms with Gasteiger partial charge in [0, 0.05) is 0 Å². The lowest BCUT2D eigenvalue weighted by Crippen LogP contribution is -1.99. The Morgan fingerprint density at radius 3 is 1.56 bits per heavy atom. The van der Waals surface area contributed by atoms with E-state index in [1.807, 2.05) is 27.2 Å². The molecule has 0 amide bonds. The van der Waals surface area contributed by atoms with Gasteiger partial charge in [0.15, 0.2) is 0 Å². The summed E-state index contributed by atoms with van der Waals surface area (Å²) in [5, 5.41) is 0. The van der Waals surface area contributed by atoms with E-state index >= 15 is 0 Å². The van der Waals surface area contributed by atoms with Gasteiger partial charge in [-0.2, -0.15) is 0 Å². The second-order valence-corrected chi connectivity index (χ2v) is 5.11. The average Bonchev–Trinajstić information content (AvgIpc) is 1.64. The van der Waals surface area contributed by atoms with Crippen LogP contribution >= 0.6 is 7.72 Å². The lowest BCUT2D eigenvalue weighted by atomic mass is 10.9. The Bertz CT molecular complexity index is 65.5. The van der Waals surface area contributed by atoms with Crippen LogP contribution in [0, 0.1) is 0 Å². The van der Waals surface area contributed by atoms with Gasteiger partial charge in [-0.1, -0.05) is 0 Å². The summed E-state index contributed by atoms with van der Waals surface area (Å²) in [5.74, 6) is 0. The van der Waals surface area contributed by atoms with Crippen molar-refractivity contribution >= 4 is 7.72 Å². The molecular weight excluding hydrogens is 135 g/mol. The standard InChI is InChI=1S/C6H16O2P/c1-5-7-9(3,4)8-6-2/h5-6H2,1-4H3/q+1. The maximum atomic E-state index is 5.36. The summed E-state index contributed by atoms with van der Waals surface area (Å²) in [6.45, 7) is 9.53. The molecule has 0 bridgehead atoms. The van der Waals surface area contributed by atoms with Crippen LogP contribution in [0.3, 0.4) is 0 Å². The summed E-state index contributed by atoms with van der Waals surface area (Å²) < 4.78 is 10.7. The van der Waals surface area contributed by atoms with Gasteiger partial charge in [0.25, 0.3) is 7.72 Å². The van der Waals surface area contributed by atoms with Crippen molar-refractivity contribution in [3.63, 3.8) is 0 Å². The predicted molar refractivity (Wildman–Crippen MR) is 42.0 cm³/mol. The van der Waals surface area contributed by atoms with Gasteiger partial charge in [-0.05, 0) is 13.8 Å². The topological polar surface area (TPSA) is 18.5 Å². The first kappa shape index (κ1) is 9.35. The lowest BCUT2D eigenvalue weighted by Gasteiger charge is -2.12. The first-order valence-corrected chi connectivity index (χ1v) is 5.77. The molecule has 0 aliphatic heterocycles.